The predicted molar refractivity (Wildman–Crippen MR) is 76.5 cm³/mol. The van der Waals surface area contributed by atoms with E-state index in [1.165, 1.54) is 0 Å². The van der Waals surface area contributed by atoms with Crippen LogP contribution < -0.4 is 4.74 Å². The van der Waals surface area contributed by atoms with Crippen LogP contribution in [0.1, 0.15) is 11.4 Å². The van der Waals surface area contributed by atoms with Gasteiger partial charge >= 0.3 is 0 Å². The molecule has 96 valence electrons. The molecule has 0 spiro atoms. The maximum absolute atomic E-state index is 5.34. The quantitative estimate of drug-likeness (QED) is 0.697. The Morgan fingerprint density at radius 1 is 1.16 bits per heavy atom. The van der Waals surface area contributed by atoms with Gasteiger partial charge in [0.1, 0.15) is 10.4 Å². The summed E-state index contributed by atoms with van der Waals surface area (Å²) in [5.41, 5.74) is 1.91. The molecule has 2 heterocycles. The number of nitrogens with zero attached hydrogens (tertiary/aromatic N) is 3. The Morgan fingerprint density at radius 3 is 2.79 bits per heavy atom. The number of ether oxygens (including phenoxy) is 1. The highest BCUT2D eigenvalue weighted by molar-refractivity contribution is 9.10. The van der Waals surface area contributed by atoms with Crippen LogP contribution in [0.3, 0.4) is 0 Å². The van der Waals surface area contributed by atoms with Crippen molar-refractivity contribution in [3.63, 3.8) is 0 Å². The molecule has 0 saturated heterocycles. The van der Waals surface area contributed by atoms with Crippen molar-refractivity contribution in [2.75, 3.05) is 7.11 Å². The third kappa shape index (κ3) is 2.33. The second kappa shape index (κ2) is 5.01. The van der Waals surface area contributed by atoms with E-state index in [1.54, 1.807) is 11.6 Å². The van der Waals surface area contributed by atoms with Gasteiger partial charge in [-0.15, -0.1) is 5.10 Å². The molecule has 0 N–H and O–H groups in total. The van der Waals surface area contributed by atoms with Gasteiger partial charge in [-0.25, -0.2) is 9.50 Å². The molecule has 0 atom stereocenters. The summed E-state index contributed by atoms with van der Waals surface area (Å²) >= 11 is 3.46. The number of rotatable bonds is 3. The van der Waals surface area contributed by atoms with E-state index in [1.807, 2.05) is 42.5 Å². The van der Waals surface area contributed by atoms with E-state index in [9.17, 15) is 0 Å². The number of halogens is 1. The summed E-state index contributed by atoms with van der Waals surface area (Å²) in [7, 11) is 1.67. The van der Waals surface area contributed by atoms with Crippen LogP contribution >= 0.6 is 15.9 Å². The molecular formula is C14H12BrN3O. The minimum Gasteiger partial charge on any atom is -0.496 e. The molecule has 0 aliphatic rings. The largest absolute Gasteiger partial charge is 0.496 e. The van der Waals surface area contributed by atoms with Gasteiger partial charge < -0.3 is 4.74 Å². The van der Waals surface area contributed by atoms with Crippen molar-refractivity contribution in [1.82, 2.24) is 14.6 Å². The van der Waals surface area contributed by atoms with Crippen molar-refractivity contribution in [1.29, 1.82) is 0 Å². The van der Waals surface area contributed by atoms with Crippen LogP contribution in [-0.4, -0.2) is 21.7 Å². The summed E-state index contributed by atoms with van der Waals surface area (Å²) in [5.74, 6) is 1.64. The number of hydrogen-bond acceptors (Lipinski definition) is 3. The van der Waals surface area contributed by atoms with Gasteiger partial charge in [-0.05, 0) is 34.1 Å². The molecule has 0 aliphatic carbocycles. The average molecular weight is 318 g/mol. The van der Waals surface area contributed by atoms with Crippen LogP contribution in [0, 0.1) is 0 Å². The highest BCUT2D eigenvalue weighted by atomic mass is 79.9. The first kappa shape index (κ1) is 12.2. The van der Waals surface area contributed by atoms with Crippen LogP contribution in [0.2, 0.25) is 0 Å². The summed E-state index contributed by atoms with van der Waals surface area (Å²) in [4.78, 5) is 4.51. The number of para-hydroxylation sites is 1. The lowest BCUT2D eigenvalue weighted by molar-refractivity contribution is 0.410. The second-order valence-electron chi connectivity index (χ2n) is 4.14. The Hall–Kier alpha value is -1.88. The number of methoxy groups -OCH3 is 1. The molecule has 0 bridgehead atoms. The number of benzene rings is 1. The molecule has 4 nitrogen and oxygen atoms in total. The topological polar surface area (TPSA) is 39.4 Å². The van der Waals surface area contributed by atoms with Gasteiger partial charge in [0, 0.05) is 12.0 Å². The molecular weight excluding hydrogens is 306 g/mol. The molecule has 0 saturated carbocycles. The zero-order valence-corrected chi connectivity index (χ0v) is 12.0. The summed E-state index contributed by atoms with van der Waals surface area (Å²) in [6.45, 7) is 0. The van der Waals surface area contributed by atoms with Gasteiger partial charge in [-0.1, -0.05) is 24.3 Å². The molecule has 5 heteroatoms. The van der Waals surface area contributed by atoms with E-state index in [-0.39, 0.29) is 0 Å². The van der Waals surface area contributed by atoms with Crippen molar-refractivity contribution in [2.45, 2.75) is 6.42 Å². The second-order valence-corrected chi connectivity index (χ2v) is 4.95. The molecule has 0 aliphatic heterocycles. The summed E-state index contributed by atoms with van der Waals surface area (Å²) in [6.07, 6.45) is 0.651. The third-order valence-corrected chi connectivity index (χ3v) is 3.50. The van der Waals surface area contributed by atoms with Gasteiger partial charge in [-0.2, -0.15) is 0 Å². The highest BCUT2D eigenvalue weighted by Crippen LogP contribution is 2.20. The van der Waals surface area contributed by atoms with Crippen molar-refractivity contribution in [3.8, 4) is 5.75 Å². The fourth-order valence-corrected chi connectivity index (χ4v) is 2.43. The van der Waals surface area contributed by atoms with Crippen molar-refractivity contribution in [2.24, 2.45) is 0 Å². The summed E-state index contributed by atoms with van der Waals surface area (Å²) in [6, 6.07) is 13.7. The Kier molecular flexibility index (Phi) is 3.21. The lowest BCUT2D eigenvalue weighted by atomic mass is 10.1. The zero-order chi connectivity index (χ0) is 13.2. The molecule has 2 aromatic heterocycles. The van der Waals surface area contributed by atoms with Crippen LogP contribution in [0.25, 0.3) is 5.65 Å². The van der Waals surface area contributed by atoms with Crippen molar-refractivity contribution < 1.29 is 4.74 Å². The van der Waals surface area contributed by atoms with E-state index in [0.29, 0.717) is 6.42 Å². The average Bonchev–Trinajstić information content (AvgIpc) is 2.83. The van der Waals surface area contributed by atoms with E-state index >= 15 is 0 Å². The van der Waals surface area contributed by atoms with Crippen molar-refractivity contribution >= 4 is 21.6 Å². The Bertz CT molecular complexity index is 724. The van der Waals surface area contributed by atoms with Gasteiger partial charge in [-0.3, -0.25) is 0 Å². The first-order valence-electron chi connectivity index (χ1n) is 5.90. The van der Waals surface area contributed by atoms with Gasteiger partial charge in [0.05, 0.1) is 7.11 Å². The monoisotopic (exact) mass is 317 g/mol. The molecule has 3 rings (SSSR count). The highest BCUT2D eigenvalue weighted by Gasteiger charge is 2.09. The summed E-state index contributed by atoms with van der Waals surface area (Å²) in [5, 5.41) is 4.49. The number of hydrogen-bond donors (Lipinski definition) is 0. The van der Waals surface area contributed by atoms with E-state index < -0.39 is 0 Å². The minimum absolute atomic E-state index is 0.651. The molecule has 3 aromatic rings. The van der Waals surface area contributed by atoms with Crippen LogP contribution in [0.5, 0.6) is 5.75 Å². The van der Waals surface area contributed by atoms with Crippen LogP contribution in [0.4, 0.5) is 0 Å². The molecule has 0 amide bonds. The fraction of sp³-hybridized carbons (Fsp3) is 0.143. The first-order valence-corrected chi connectivity index (χ1v) is 6.69. The maximum Gasteiger partial charge on any atom is 0.156 e. The van der Waals surface area contributed by atoms with Crippen LogP contribution in [-0.2, 0) is 6.42 Å². The smallest absolute Gasteiger partial charge is 0.156 e. The van der Waals surface area contributed by atoms with Crippen molar-refractivity contribution in [3.05, 3.63) is 58.5 Å². The number of aromatic nitrogens is 3. The third-order valence-electron chi connectivity index (χ3n) is 2.90. The molecule has 0 unspecified atom stereocenters. The lowest BCUT2D eigenvalue weighted by Crippen LogP contribution is -1.96. The zero-order valence-electron chi connectivity index (χ0n) is 10.4. The Balaban J connectivity index is 1.99. The standard InChI is InChI=1S/C14H12BrN3O/c1-19-11-6-3-2-5-10(11)9-13-16-14-8-4-7-12(15)18(14)17-13/h2-8H,9H2,1H3. The number of fused-ring (bicyclic) bond motifs is 1. The first-order chi connectivity index (χ1) is 9.28. The lowest BCUT2D eigenvalue weighted by Gasteiger charge is -2.05. The van der Waals surface area contributed by atoms with Gasteiger partial charge in [0.15, 0.2) is 11.5 Å². The Labute approximate surface area is 119 Å². The molecule has 0 radical (unpaired) electrons. The molecule has 1 aromatic carbocycles. The Morgan fingerprint density at radius 2 is 2.00 bits per heavy atom. The predicted octanol–water partition coefficient (Wildman–Crippen LogP) is 3.09. The molecule has 0 fully saturated rings. The molecule has 19 heavy (non-hydrogen) atoms. The van der Waals surface area contributed by atoms with E-state index in [2.05, 4.69) is 26.0 Å². The van der Waals surface area contributed by atoms with E-state index in [0.717, 1.165) is 27.4 Å². The van der Waals surface area contributed by atoms with Gasteiger partial charge in [0.2, 0.25) is 0 Å². The van der Waals surface area contributed by atoms with Gasteiger partial charge in [0.25, 0.3) is 0 Å². The fourth-order valence-electron chi connectivity index (χ4n) is 2.01. The minimum atomic E-state index is 0.651. The van der Waals surface area contributed by atoms with Crippen LogP contribution in [0.15, 0.2) is 47.1 Å². The maximum atomic E-state index is 5.34. The summed E-state index contributed by atoms with van der Waals surface area (Å²) < 4.78 is 8.02. The number of pyridine rings is 1. The van der Waals surface area contributed by atoms with E-state index in [4.69, 9.17) is 4.74 Å². The SMILES string of the molecule is COc1ccccc1Cc1nc2cccc(Br)n2n1. The normalized spacial score (nSPS) is 10.8.